The largest absolute Gasteiger partial charge is 0.479 e. The molecule has 0 aromatic heterocycles. The van der Waals surface area contributed by atoms with E-state index in [9.17, 15) is 14.7 Å². The first kappa shape index (κ1) is 18.7. The summed E-state index contributed by atoms with van der Waals surface area (Å²) in [5, 5.41) is 9.79. The molecule has 1 heterocycles. The number of rotatable bonds is 2. The van der Waals surface area contributed by atoms with E-state index in [2.05, 4.69) is 0 Å². The monoisotopic (exact) mass is 361 g/mol. The minimum atomic E-state index is -1.11. The van der Waals surface area contributed by atoms with Crippen molar-refractivity contribution in [1.29, 1.82) is 0 Å². The summed E-state index contributed by atoms with van der Waals surface area (Å²) in [6.07, 6.45) is 2.47. The highest BCUT2D eigenvalue weighted by Gasteiger charge is 2.59. The molecule has 1 N–H and O–H groups in total. The highest BCUT2D eigenvalue weighted by Crippen LogP contribution is 2.49. The van der Waals surface area contributed by atoms with Crippen LogP contribution in [0, 0.1) is 0 Å². The zero-order valence-electron chi connectivity index (χ0n) is 15.6. The number of nitrogens with zero attached hydrogens (tertiary/aromatic N) is 1. The number of amides is 1. The van der Waals surface area contributed by atoms with Crippen LogP contribution in [0.3, 0.4) is 0 Å². The van der Waals surface area contributed by atoms with Gasteiger partial charge in [-0.3, -0.25) is 4.90 Å². The number of hydrogen-bond donors (Lipinski definition) is 1. The minimum Gasteiger partial charge on any atom is -0.479 e. The number of carbonyl (C=O) groups excluding carboxylic acids is 1. The van der Waals surface area contributed by atoms with Crippen LogP contribution in [0.5, 0.6) is 0 Å². The van der Waals surface area contributed by atoms with E-state index in [1.165, 1.54) is 0 Å². The van der Waals surface area contributed by atoms with Crippen molar-refractivity contribution in [3.63, 3.8) is 0 Å². The van der Waals surface area contributed by atoms with Gasteiger partial charge in [-0.25, -0.2) is 9.59 Å². The molecule has 1 saturated carbocycles. The molecule has 1 amide bonds. The predicted molar refractivity (Wildman–Crippen MR) is 95.6 cm³/mol. The summed E-state index contributed by atoms with van der Waals surface area (Å²) in [5.41, 5.74) is -0.840. The van der Waals surface area contributed by atoms with Gasteiger partial charge in [0.05, 0.1) is 0 Å². The average molecular weight is 361 g/mol. The molecule has 1 saturated heterocycles. The van der Waals surface area contributed by atoms with Gasteiger partial charge in [-0.05, 0) is 52.0 Å². The van der Waals surface area contributed by atoms with Gasteiger partial charge in [-0.1, -0.05) is 36.8 Å². The average Bonchev–Trinajstić information content (AvgIpc) is 2.90. The standard InChI is InChI=1S/C20H27NO5/c1-19(2,3)26-18(24)21-15(14-10-6-4-7-11-14)16(17(22)23)25-20(21)12-8-5-9-13-20/h4,6-7,10-11,15-16H,5,8-9,12-13H2,1-3H3,(H,22,23)/t15-,16+/m0/s1. The summed E-state index contributed by atoms with van der Waals surface area (Å²) in [7, 11) is 0. The second kappa shape index (κ2) is 6.91. The maximum Gasteiger partial charge on any atom is 0.413 e. The lowest BCUT2D eigenvalue weighted by Gasteiger charge is -2.41. The molecule has 1 aromatic rings. The molecule has 6 heteroatoms. The van der Waals surface area contributed by atoms with Gasteiger partial charge >= 0.3 is 12.1 Å². The van der Waals surface area contributed by atoms with E-state index in [4.69, 9.17) is 9.47 Å². The fraction of sp³-hybridized carbons (Fsp3) is 0.600. The van der Waals surface area contributed by atoms with E-state index in [0.717, 1.165) is 24.8 Å². The molecule has 2 aliphatic rings. The lowest BCUT2D eigenvalue weighted by atomic mass is 9.89. The van der Waals surface area contributed by atoms with Crippen LogP contribution in [-0.2, 0) is 14.3 Å². The quantitative estimate of drug-likeness (QED) is 0.858. The van der Waals surface area contributed by atoms with E-state index in [1.54, 1.807) is 4.90 Å². The van der Waals surface area contributed by atoms with Gasteiger partial charge in [0.1, 0.15) is 17.4 Å². The topological polar surface area (TPSA) is 76.1 Å². The molecule has 0 bridgehead atoms. The van der Waals surface area contributed by atoms with Crippen molar-refractivity contribution in [2.24, 2.45) is 0 Å². The summed E-state index contributed by atoms with van der Waals surface area (Å²) >= 11 is 0. The Kier molecular flexibility index (Phi) is 4.97. The van der Waals surface area contributed by atoms with E-state index in [-0.39, 0.29) is 0 Å². The highest BCUT2D eigenvalue weighted by molar-refractivity contribution is 5.78. The van der Waals surface area contributed by atoms with Gasteiger partial charge in [-0.2, -0.15) is 0 Å². The third-order valence-corrected chi connectivity index (χ3v) is 4.96. The Morgan fingerprint density at radius 3 is 2.31 bits per heavy atom. The molecule has 1 aromatic carbocycles. The van der Waals surface area contributed by atoms with E-state index in [1.807, 2.05) is 51.1 Å². The third kappa shape index (κ3) is 3.56. The van der Waals surface area contributed by atoms with Gasteiger partial charge in [0.15, 0.2) is 6.10 Å². The highest BCUT2D eigenvalue weighted by atomic mass is 16.6. The van der Waals surface area contributed by atoms with Gasteiger partial charge < -0.3 is 14.6 Å². The van der Waals surface area contributed by atoms with Crippen LogP contribution in [0.4, 0.5) is 4.79 Å². The summed E-state index contributed by atoms with van der Waals surface area (Å²) in [5.74, 6) is -1.06. The second-order valence-corrected chi connectivity index (χ2v) is 8.09. The maximum absolute atomic E-state index is 13.1. The van der Waals surface area contributed by atoms with Crippen LogP contribution in [0.1, 0.15) is 64.5 Å². The van der Waals surface area contributed by atoms with Crippen LogP contribution >= 0.6 is 0 Å². The van der Waals surface area contributed by atoms with Gasteiger partial charge in [0.25, 0.3) is 0 Å². The predicted octanol–water partition coefficient (Wildman–Crippen LogP) is 4.11. The second-order valence-electron chi connectivity index (χ2n) is 8.09. The van der Waals surface area contributed by atoms with Crippen molar-refractivity contribution in [2.45, 2.75) is 76.3 Å². The lowest BCUT2D eigenvalue weighted by Crippen LogP contribution is -2.51. The first-order valence-electron chi connectivity index (χ1n) is 9.21. The van der Waals surface area contributed by atoms with Crippen molar-refractivity contribution >= 4 is 12.1 Å². The van der Waals surface area contributed by atoms with E-state index < -0.39 is 35.5 Å². The zero-order chi connectivity index (χ0) is 18.9. The Morgan fingerprint density at radius 1 is 1.15 bits per heavy atom. The molecular weight excluding hydrogens is 334 g/mol. The van der Waals surface area contributed by atoms with Crippen molar-refractivity contribution in [3.05, 3.63) is 35.9 Å². The van der Waals surface area contributed by atoms with Gasteiger partial charge in [0, 0.05) is 0 Å². The van der Waals surface area contributed by atoms with Gasteiger partial charge in [-0.15, -0.1) is 0 Å². The fourth-order valence-corrected chi connectivity index (χ4v) is 3.96. The molecule has 1 spiro atoms. The first-order valence-corrected chi connectivity index (χ1v) is 9.21. The summed E-state index contributed by atoms with van der Waals surface area (Å²) in [6.45, 7) is 5.42. The Hall–Kier alpha value is -2.08. The lowest BCUT2D eigenvalue weighted by molar-refractivity contribution is -0.163. The summed E-state index contributed by atoms with van der Waals surface area (Å²) in [4.78, 5) is 26.6. The zero-order valence-corrected chi connectivity index (χ0v) is 15.6. The molecule has 1 aliphatic heterocycles. The van der Waals surface area contributed by atoms with Crippen LogP contribution in [-0.4, -0.2) is 39.5 Å². The van der Waals surface area contributed by atoms with Crippen molar-refractivity contribution in [2.75, 3.05) is 0 Å². The Labute approximate surface area is 154 Å². The molecule has 6 nitrogen and oxygen atoms in total. The number of hydrogen-bond acceptors (Lipinski definition) is 4. The summed E-state index contributed by atoms with van der Waals surface area (Å²) in [6, 6.07) is 8.51. The Bertz CT molecular complexity index is 661. The Morgan fingerprint density at radius 2 is 1.77 bits per heavy atom. The van der Waals surface area contributed by atoms with Crippen LogP contribution in [0.15, 0.2) is 30.3 Å². The SMILES string of the molecule is CC(C)(C)OC(=O)N1[C@@H](c2ccccc2)[C@H](C(=O)O)OC12CCCCC2. The molecule has 1 aliphatic carbocycles. The molecule has 26 heavy (non-hydrogen) atoms. The molecule has 3 rings (SSSR count). The molecule has 2 atom stereocenters. The summed E-state index contributed by atoms with van der Waals surface area (Å²) < 4.78 is 11.7. The molecule has 142 valence electrons. The number of carboxylic acids is 1. The molecule has 2 fully saturated rings. The van der Waals surface area contributed by atoms with E-state index in [0.29, 0.717) is 12.8 Å². The number of carbonyl (C=O) groups is 2. The van der Waals surface area contributed by atoms with Crippen LogP contribution in [0.2, 0.25) is 0 Å². The van der Waals surface area contributed by atoms with Crippen molar-refractivity contribution < 1.29 is 24.2 Å². The molecule has 0 radical (unpaired) electrons. The molecule has 0 unspecified atom stereocenters. The fourth-order valence-electron chi connectivity index (χ4n) is 3.96. The number of benzene rings is 1. The van der Waals surface area contributed by atoms with Crippen molar-refractivity contribution in [3.8, 4) is 0 Å². The Balaban J connectivity index is 2.06. The first-order chi connectivity index (χ1) is 12.2. The smallest absolute Gasteiger partial charge is 0.413 e. The van der Waals surface area contributed by atoms with Crippen molar-refractivity contribution in [1.82, 2.24) is 4.90 Å². The minimum absolute atomic E-state index is 0.517. The van der Waals surface area contributed by atoms with Crippen LogP contribution < -0.4 is 0 Å². The molecular formula is C20H27NO5. The number of aliphatic carboxylic acids is 1. The van der Waals surface area contributed by atoms with Gasteiger partial charge in [0.2, 0.25) is 0 Å². The van der Waals surface area contributed by atoms with Crippen LogP contribution in [0.25, 0.3) is 0 Å². The third-order valence-electron chi connectivity index (χ3n) is 4.96. The maximum atomic E-state index is 13.1. The van der Waals surface area contributed by atoms with E-state index >= 15 is 0 Å². The number of ether oxygens (including phenoxy) is 2. The number of carboxylic acid groups (broad SMARTS) is 1. The normalized spacial score (nSPS) is 25.3.